The first-order valence-electron chi connectivity index (χ1n) is 9.23. The van der Waals surface area contributed by atoms with Gasteiger partial charge in [0.25, 0.3) is 0 Å². The van der Waals surface area contributed by atoms with Crippen molar-refractivity contribution in [2.45, 2.75) is 6.54 Å². The van der Waals surface area contributed by atoms with Crippen LogP contribution in [0.3, 0.4) is 0 Å². The number of nitrogens with zero attached hydrogens (tertiary/aromatic N) is 4. The van der Waals surface area contributed by atoms with Gasteiger partial charge in [-0.05, 0) is 24.3 Å². The van der Waals surface area contributed by atoms with Crippen molar-refractivity contribution in [2.75, 3.05) is 52.5 Å². The molecule has 0 radical (unpaired) electrons. The molecule has 0 aliphatic carbocycles. The first-order chi connectivity index (χ1) is 13.2. The summed E-state index contributed by atoms with van der Waals surface area (Å²) in [6.45, 7) is 6.35. The number of amides is 2. The number of carbonyl (C=O) groups excluding carboxylic acids is 1. The normalized spacial score (nSPS) is 18.7. The minimum Gasteiger partial charge on any atom is -0.439 e. The minimum atomic E-state index is 0.124. The fourth-order valence-electron chi connectivity index (χ4n) is 3.37. The Morgan fingerprint density at radius 3 is 2.37 bits per heavy atom. The molecule has 27 heavy (non-hydrogen) atoms. The number of urea groups is 1. The molecule has 2 saturated heterocycles. The molecule has 2 amide bonds. The van der Waals surface area contributed by atoms with Gasteiger partial charge in [0.15, 0.2) is 5.76 Å². The molecule has 0 bridgehead atoms. The van der Waals surface area contributed by atoms with Crippen LogP contribution in [0.4, 0.5) is 4.79 Å². The Balaban J connectivity index is 1.29. The van der Waals surface area contributed by atoms with E-state index in [0.29, 0.717) is 43.8 Å². The standard InChI is InChI=1S/C19H23ClN4O3/c20-16-3-1-15(2-4-16)17-13-21-18(27-17)14-22-5-7-23(8-6-22)19(25)24-9-11-26-12-10-24/h1-4,13H,5-12,14H2. The van der Waals surface area contributed by atoms with Crippen LogP contribution in [0.25, 0.3) is 11.3 Å². The predicted molar refractivity (Wildman–Crippen MR) is 102 cm³/mol. The molecule has 4 rings (SSSR count). The molecule has 2 aromatic rings. The van der Waals surface area contributed by atoms with Crippen LogP contribution in [-0.4, -0.2) is 78.2 Å². The van der Waals surface area contributed by atoms with E-state index >= 15 is 0 Å². The zero-order valence-corrected chi connectivity index (χ0v) is 15.9. The number of ether oxygens (including phenoxy) is 1. The summed E-state index contributed by atoms with van der Waals surface area (Å²) in [5.41, 5.74) is 0.957. The van der Waals surface area contributed by atoms with Gasteiger partial charge in [-0.3, -0.25) is 4.90 Å². The fourth-order valence-corrected chi connectivity index (χ4v) is 3.50. The molecule has 1 aromatic carbocycles. The molecule has 7 nitrogen and oxygen atoms in total. The van der Waals surface area contributed by atoms with E-state index in [1.165, 1.54) is 0 Å². The van der Waals surface area contributed by atoms with Crippen molar-refractivity contribution in [3.05, 3.63) is 41.4 Å². The lowest BCUT2D eigenvalue weighted by Crippen LogP contribution is -2.54. The largest absolute Gasteiger partial charge is 0.439 e. The van der Waals surface area contributed by atoms with Gasteiger partial charge in [0, 0.05) is 49.9 Å². The van der Waals surface area contributed by atoms with E-state index in [2.05, 4.69) is 9.88 Å². The van der Waals surface area contributed by atoms with Crippen LogP contribution in [0.5, 0.6) is 0 Å². The average molecular weight is 391 g/mol. The van der Waals surface area contributed by atoms with Crippen molar-refractivity contribution < 1.29 is 13.9 Å². The molecule has 0 atom stereocenters. The van der Waals surface area contributed by atoms with Gasteiger partial charge in [0.1, 0.15) is 0 Å². The number of hydrogen-bond acceptors (Lipinski definition) is 5. The molecule has 0 N–H and O–H groups in total. The van der Waals surface area contributed by atoms with E-state index in [9.17, 15) is 4.79 Å². The second-order valence-corrected chi connectivity index (χ2v) is 7.21. The van der Waals surface area contributed by atoms with Gasteiger partial charge in [0.05, 0.1) is 26.0 Å². The number of halogens is 1. The minimum absolute atomic E-state index is 0.124. The Hall–Kier alpha value is -2.09. The van der Waals surface area contributed by atoms with Crippen LogP contribution < -0.4 is 0 Å². The van der Waals surface area contributed by atoms with Crippen molar-refractivity contribution in [1.29, 1.82) is 0 Å². The van der Waals surface area contributed by atoms with Crippen LogP contribution in [-0.2, 0) is 11.3 Å². The lowest BCUT2D eigenvalue weighted by Gasteiger charge is -2.38. The maximum atomic E-state index is 12.5. The summed E-state index contributed by atoms with van der Waals surface area (Å²) in [6, 6.07) is 7.64. The Bertz CT molecular complexity index is 766. The maximum absolute atomic E-state index is 12.5. The van der Waals surface area contributed by atoms with E-state index in [1.54, 1.807) is 6.20 Å². The topological polar surface area (TPSA) is 62.1 Å². The number of piperazine rings is 1. The first kappa shape index (κ1) is 18.3. The highest BCUT2D eigenvalue weighted by molar-refractivity contribution is 6.30. The molecule has 0 unspecified atom stereocenters. The van der Waals surface area contributed by atoms with Crippen molar-refractivity contribution in [3.63, 3.8) is 0 Å². The number of morpholine rings is 1. The highest BCUT2D eigenvalue weighted by Crippen LogP contribution is 2.23. The Morgan fingerprint density at radius 1 is 1.00 bits per heavy atom. The molecule has 0 saturated carbocycles. The van der Waals surface area contributed by atoms with Gasteiger partial charge in [-0.15, -0.1) is 0 Å². The molecule has 2 aliphatic heterocycles. The van der Waals surface area contributed by atoms with Crippen molar-refractivity contribution in [1.82, 2.24) is 19.7 Å². The maximum Gasteiger partial charge on any atom is 0.320 e. The number of oxazole rings is 1. The summed E-state index contributed by atoms with van der Waals surface area (Å²) in [4.78, 5) is 23.0. The zero-order chi connectivity index (χ0) is 18.6. The number of hydrogen-bond donors (Lipinski definition) is 0. The molecular formula is C19H23ClN4O3. The smallest absolute Gasteiger partial charge is 0.320 e. The van der Waals surface area contributed by atoms with Crippen LogP contribution >= 0.6 is 11.6 Å². The first-order valence-corrected chi connectivity index (χ1v) is 9.61. The van der Waals surface area contributed by atoms with Gasteiger partial charge in [-0.25, -0.2) is 9.78 Å². The quantitative estimate of drug-likeness (QED) is 0.806. The summed E-state index contributed by atoms with van der Waals surface area (Å²) < 4.78 is 11.2. The van der Waals surface area contributed by atoms with Crippen LogP contribution in [0.1, 0.15) is 5.89 Å². The second-order valence-electron chi connectivity index (χ2n) is 6.77. The third-order valence-corrected chi connectivity index (χ3v) is 5.22. The summed E-state index contributed by atoms with van der Waals surface area (Å²) >= 11 is 5.93. The fraction of sp³-hybridized carbons (Fsp3) is 0.474. The molecule has 144 valence electrons. The third-order valence-electron chi connectivity index (χ3n) is 4.97. The summed E-state index contributed by atoms with van der Waals surface area (Å²) in [6.07, 6.45) is 1.75. The molecule has 2 aliphatic rings. The van der Waals surface area contributed by atoms with Crippen molar-refractivity contribution in [2.24, 2.45) is 0 Å². The predicted octanol–water partition coefficient (Wildman–Crippen LogP) is 2.56. The summed E-state index contributed by atoms with van der Waals surface area (Å²) in [5, 5.41) is 0.697. The lowest BCUT2D eigenvalue weighted by molar-refractivity contribution is 0.0368. The Kier molecular flexibility index (Phi) is 5.61. The van der Waals surface area contributed by atoms with Crippen molar-refractivity contribution >= 4 is 17.6 Å². The van der Waals surface area contributed by atoms with E-state index in [-0.39, 0.29) is 6.03 Å². The molecule has 0 spiro atoms. The molecule has 3 heterocycles. The van der Waals surface area contributed by atoms with E-state index in [4.69, 9.17) is 20.8 Å². The van der Waals surface area contributed by atoms with Gasteiger partial charge >= 0.3 is 6.03 Å². The Morgan fingerprint density at radius 2 is 1.67 bits per heavy atom. The number of carbonyl (C=O) groups is 1. The van der Waals surface area contributed by atoms with E-state index in [1.807, 2.05) is 34.1 Å². The second kappa shape index (κ2) is 8.29. The van der Waals surface area contributed by atoms with Gasteiger partial charge in [0.2, 0.25) is 5.89 Å². The molecule has 2 fully saturated rings. The van der Waals surface area contributed by atoms with Gasteiger partial charge in [-0.1, -0.05) is 11.6 Å². The highest BCUT2D eigenvalue weighted by atomic mass is 35.5. The summed E-state index contributed by atoms with van der Waals surface area (Å²) in [5.74, 6) is 1.43. The van der Waals surface area contributed by atoms with Crippen LogP contribution in [0.15, 0.2) is 34.9 Å². The lowest BCUT2D eigenvalue weighted by atomic mass is 10.2. The van der Waals surface area contributed by atoms with Gasteiger partial charge in [-0.2, -0.15) is 0 Å². The molecular weight excluding hydrogens is 368 g/mol. The van der Waals surface area contributed by atoms with Crippen molar-refractivity contribution in [3.8, 4) is 11.3 Å². The van der Waals surface area contributed by atoms with Crippen LogP contribution in [0, 0.1) is 0 Å². The number of aromatic nitrogens is 1. The van der Waals surface area contributed by atoms with E-state index in [0.717, 1.165) is 37.5 Å². The van der Waals surface area contributed by atoms with Crippen LogP contribution in [0.2, 0.25) is 5.02 Å². The zero-order valence-electron chi connectivity index (χ0n) is 15.1. The average Bonchev–Trinajstić information content (AvgIpc) is 3.18. The summed E-state index contributed by atoms with van der Waals surface area (Å²) in [7, 11) is 0. The molecule has 8 heteroatoms. The number of rotatable bonds is 3. The Labute approximate surface area is 163 Å². The number of benzene rings is 1. The van der Waals surface area contributed by atoms with E-state index < -0.39 is 0 Å². The molecule has 1 aromatic heterocycles. The van der Waals surface area contributed by atoms with Gasteiger partial charge < -0.3 is 19.0 Å². The SMILES string of the molecule is O=C(N1CCOCC1)N1CCN(Cc2ncc(-c3ccc(Cl)cc3)o2)CC1. The third kappa shape index (κ3) is 4.43. The monoisotopic (exact) mass is 390 g/mol. The highest BCUT2D eigenvalue weighted by Gasteiger charge is 2.26.